The summed E-state index contributed by atoms with van der Waals surface area (Å²) in [4.78, 5) is 0. The molecule has 0 aliphatic carbocycles. The van der Waals surface area contributed by atoms with Gasteiger partial charge in [-0.3, -0.25) is 0 Å². The predicted molar refractivity (Wildman–Crippen MR) is 82.6 cm³/mol. The van der Waals surface area contributed by atoms with Crippen molar-refractivity contribution in [2.24, 2.45) is 0 Å². The minimum Gasteiger partial charge on any atom is -0.489 e. The number of hydrogen-bond donors (Lipinski definition) is 1. The molecule has 2 aromatic rings. The Morgan fingerprint density at radius 3 is 2.55 bits per heavy atom. The molecular weight excluding hydrogens is 246 g/mol. The van der Waals surface area contributed by atoms with Crippen molar-refractivity contribution in [3.8, 4) is 5.75 Å². The van der Waals surface area contributed by atoms with Crippen LogP contribution >= 0.6 is 0 Å². The first-order chi connectivity index (χ1) is 9.81. The van der Waals surface area contributed by atoms with E-state index in [1.54, 1.807) is 6.08 Å². The molecule has 0 amide bonds. The highest BCUT2D eigenvalue weighted by Crippen LogP contribution is 2.17. The SMILES string of the molecule is C=CCOc1ccccc1C[NH2+][C@H](C)c1ccccc1. The molecule has 2 N–H and O–H groups in total. The van der Waals surface area contributed by atoms with Gasteiger partial charge in [-0.05, 0) is 19.1 Å². The van der Waals surface area contributed by atoms with Crippen molar-refractivity contribution >= 4 is 0 Å². The van der Waals surface area contributed by atoms with Gasteiger partial charge < -0.3 is 10.1 Å². The van der Waals surface area contributed by atoms with Crippen LogP contribution in [-0.2, 0) is 6.54 Å². The van der Waals surface area contributed by atoms with E-state index in [1.807, 2.05) is 12.1 Å². The fourth-order valence-electron chi connectivity index (χ4n) is 2.16. The predicted octanol–water partition coefficient (Wildman–Crippen LogP) is 3.08. The molecule has 0 saturated carbocycles. The zero-order valence-electron chi connectivity index (χ0n) is 12.0. The van der Waals surface area contributed by atoms with Crippen molar-refractivity contribution in [3.63, 3.8) is 0 Å². The summed E-state index contributed by atoms with van der Waals surface area (Å²) >= 11 is 0. The van der Waals surface area contributed by atoms with Gasteiger partial charge in [0.05, 0.1) is 0 Å². The molecule has 0 heterocycles. The van der Waals surface area contributed by atoms with Crippen LogP contribution in [0.3, 0.4) is 0 Å². The van der Waals surface area contributed by atoms with Crippen LogP contribution in [0.1, 0.15) is 24.1 Å². The van der Waals surface area contributed by atoms with Gasteiger partial charge in [0.1, 0.15) is 24.9 Å². The smallest absolute Gasteiger partial charge is 0.128 e. The molecule has 0 radical (unpaired) electrons. The maximum Gasteiger partial charge on any atom is 0.128 e. The molecule has 0 aromatic heterocycles. The average Bonchev–Trinajstić information content (AvgIpc) is 2.52. The van der Waals surface area contributed by atoms with Crippen LogP contribution in [0.15, 0.2) is 67.3 Å². The Bertz CT molecular complexity index is 536. The molecule has 2 rings (SSSR count). The molecule has 2 heteroatoms. The van der Waals surface area contributed by atoms with E-state index < -0.39 is 0 Å². The Balaban J connectivity index is 1.98. The van der Waals surface area contributed by atoms with Crippen LogP contribution in [0.5, 0.6) is 5.75 Å². The minimum absolute atomic E-state index is 0.434. The van der Waals surface area contributed by atoms with Crippen LogP contribution in [0.25, 0.3) is 0 Å². The number of para-hydroxylation sites is 1. The van der Waals surface area contributed by atoms with Crippen molar-refractivity contribution in [2.75, 3.05) is 6.61 Å². The maximum absolute atomic E-state index is 5.69. The lowest BCUT2D eigenvalue weighted by atomic mass is 10.1. The number of quaternary nitrogens is 1. The molecule has 0 saturated heterocycles. The number of benzene rings is 2. The Hall–Kier alpha value is -2.06. The lowest BCUT2D eigenvalue weighted by Gasteiger charge is -2.13. The lowest BCUT2D eigenvalue weighted by molar-refractivity contribution is -0.708. The van der Waals surface area contributed by atoms with Crippen molar-refractivity contribution in [2.45, 2.75) is 19.5 Å². The molecule has 0 bridgehead atoms. The van der Waals surface area contributed by atoms with Gasteiger partial charge in [0, 0.05) is 11.1 Å². The maximum atomic E-state index is 5.69. The first-order valence-electron chi connectivity index (χ1n) is 7.01. The number of hydrogen-bond acceptors (Lipinski definition) is 1. The standard InChI is InChI=1S/C18H21NO/c1-3-13-20-18-12-8-7-11-17(18)14-19-15(2)16-9-5-4-6-10-16/h3-12,15,19H,1,13-14H2,2H3/p+1/t15-/m1/s1. The van der Waals surface area contributed by atoms with Gasteiger partial charge in [-0.25, -0.2) is 0 Å². The summed E-state index contributed by atoms with van der Waals surface area (Å²) in [7, 11) is 0. The van der Waals surface area contributed by atoms with Crippen molar-refractivity contribution < 1.29 is 10.1 Å². The van der Waals surface area contributed by atoms with Gasteiger partial charge in [0.15, 0.2) is 0 Å². The normalized spacial score (nSPS) is 11.8. The molecule has 0 aliphatic heterocycles. The van der Waals surface area contributed by atoms with E-state index in [0.717, 1.165) is 12.3 Å². The summed E-state index contributed by atoms with van der Waals surface area (Å²) < 4.78 is 5.69. The number of ether oxygens (including phenoxy) is 1. The Morgan fingerprint density at radius 1 is 1.10 bits per heavy atom. The van der Waals surface area contributed by atoms with Gasteiger partial charge in [0.2, 0.25) is 0 Å². The fraction of sp³-hybridized carbons (Fsp3) is 0.222. The van der Waals surface area contributed by atoms with Crippen LogP contribution in [0.2, 0.25) is 0 Å². The zero-order valence-corrected chi connectivity index (χ0v) is 12.0. The molecule has 0 spiro atoms. The highest BCUT2D eigenvalue weighted by atomic mass is 16.5. The van der Waals surface area contributed by atoms with Crippen molar-refractivity contribution in [1.29, 1.82) is 0 Å². The van der Waals surface area contributed by atoms with Gasteiger partial charge in [-0.15, -0.1) is 0 Å². The first kappa shape index (κ1) is 14.4. The number of rotatable bonds is 7. The van der Waals surface area contributed by atoms with E-state index >= 15 is 0 Å². The van der Waals surface area contributed by atoms with Crippen LogP contribution in [0, 0.1) is 0 Å². The molecule has 2 aromatic carbocycles. The second-order valence-corrected chi connectivity index (χ2v) is 4.85. The van der Waals surface area contributed by atoms with Crippen molar-refractivity contribution in [1.82, 2.24) is 0 Å². The average molecular weight is 268 g/mol. The molecule has 0 fully saturated rings. The molecule has 2 nitrogen and oxygen atoms in total. The van der Waals surface area contributed by atoms with E-state index in [1.165, 1.54) is 11.1 Å². The topological polar surface area (TPSA) is 25.8 Å². The largest absolute Gasteiger partial charge is 0.489 e. The van der Waals surface area contributed by atoms with Crippen LogP contribution in [0.4, 0.5) is 0 Å². The summed E-state index contributed by atoms with van der Waals surface area (Å²) in [5.41, 5.74) is 2.56. The molecule has 0 unspecified atom stereocenters. The van der Waals surface area contributed by atoms with Gasteiger partial charge in [-0.1, -0.05) is 55.1 Å². The fourth-order valence-corrected chi connectivity index (χ4v) is 2.16. The van der Waals surface area contributed by atoms with Gasteiger partial charge >= 0.3 is 0 Å². The summed E-state index contributed by atoms with van der Waals surface area (Å²) in [6.45, 7) is 7.36. The van der Waals surface area contributed by atoms with E-state index in [4.69, 9.17) is 4.74 Å². The van der Waals surface area contributed by atoms with Crippen molar-refractivity contribution in [3.05, 3.63) is 78.4 Å². The molecule has 104 valence electrons. The summed E-state index contributed by atoms with van der Waals surface area (Å²) in [6.07, 6.45) is 1.77. The highest BCUT2D eigenvalue weighted by molar-refractivity contribution is 5.32. The Kier molecular flexibility index (Phi) is 5.39. The van der Waals surface area contributed by atoms with E-state index in [2.05, 4.69) is 61.3 Å². The Labute approximate surface area is 121 Å². The molecule has 20 heavy (non-hydrogen) atoms. The second-order valence-electron chi connectivity index (χ2n) is 4.85. The van der Waals surface area contributed by atoms with E-state index in [0.29, 0.717) is 12.6 Å². The lowest BCUT2D eigenvalue weighted by Crippen LogP contribution is -2.83. The highest BCUT2D eigenvalue weighted by Gasteiger charge is 2.10. The van der Waals surface area contributed by atoms with Gasteiger partial charge in [0.25, 0.3) is 0 Å². The third-order valence-corrected chi connectivity index (χ3v) is 3.35. The third kappa shape index (κ3) is 3.97. The minimum atomic E-state index is 0.434. The van der Waals surface area contributed by atoms with Crippen LogP contribution in [-0.4, -0.2) is 6.61 Å². The quantitative estimate of drug-likeness (QED) is 0.767. The molecule has 1 atom stereocenters. The van der Waals surface area contributed by atoms with Crippen LogP contribution < -0.4 is 10.1 Å². The first-order valence-corrected chi connectivity index (χ1v) is 7.01. The Morgan fingerprint density at radius 2 is 1.80 bits per heavy atom. The summed E-state index contributed by atoms with van der Waals surface area (Å²) in [6, 6.07) is 19.2. The monoisotopic (exact) mass is 268 g/mol. The third-order valence-electron chi connectivity index (χ3n) is 3.35. The van der Waals surface area contributed by atoms with E-state index in [-0.39, 0.29) is 0 Å². The van der Waals surface area contributed by atoms with Gasteiger partial charge in [-0.2, -0.15) is 0 Å². The zero-order chi connectivity index (χ0) is 14.2. The molecule has 0 aliphatic rings. The summed E-state index contributed by atoms with van der Waals surface area (Å²) in [5.74, 6) is 0.948. The van der Waals surface area contributed by atoms with E-state index in [9.17, 15) is 0 Å². The second kappa shape index (κ2) is 7.51. The summed E-state index contributed by atoms with van der Waals surface area (Å²) in [5, 5.41) is 2.32. The number of nitrogens with two attached hydrogens (primary N) is 1. The molecular formula is C18H22NO+.